The molecular formula is C26H19N3O4S. The van der Waals surface area contributed by atoms with Crippen molar-refractivity contribution in [1.29, 1.82) is 5.26 Å². The molecule has 0 saturated carbocycles. The summed E-state index contributed by atoms with van der Waals surface area (Å²) in [6, 6.07) is 24.9. The molecule has 1 heterocycles. The smallest absolute Gasteiger partial charge is 0.293 e. The first-order chi connectivity index (χ1) is 16.5. The first-order valence-electron chi connectivity index (χ1n) is 10.4. The van der Waals surface area contributed by atoms with Gasteiger partial charge in [-0.15, -0.1) is 0 Å². The first-order valence-corrected chi connectivity index (χ1v) is 11.2. The maximum absolute atomic E-state index is 12.9. The van der Waals surface area contributed by atoms with E-state index in [2.05, 4.69) is 11.4 Å². The van der Waals surface area contributed by atoms with Gasteiger partial charge in [0.25, 0.3) is 17.1 Å². The van der Waals surface area contributed by atoms with Crippen LogP contribution in [0.4, 0.5) is 10.5 Å². The van der Waals surface area contributed by atoms with Crippen molar-refractivity contribution in [1.82, 2.24) is 4.90 Å². The number of para-hydroxylation sites is 2. The second-order valence-electron chi connectivity index (χ2n) is 7.28. The zero-order valence-electron chi connectivity index (χ0n) is 17.9. The van der Waals surface area contributed by atoms with Crippen molar-refractivity contribution in [2.45, 2.75) is 6.54 Å². The van der Waals surface area contributed by atoms with Crippen molar-refractivity contribution < 1.29 is 19.1 Å². The molecule has 34 heavy (non-hydrogen) atoms. The minimum atomic E-state index is -0.445. The summed E-state index contributed by atoms with van der Waals surface area (Å²) < 4.78 is 5.68. The van der Waals surface area contributed by atoms with Crippen LogP contribution in [0.15, 0.2) is 83.8 Å². The Morgan fingerprint density at radius 1 is 1.00 bits per heavy atom. The lowest BCUT2D eigenvalue weighted by Crippen LogP contribution is -2.27. The van der Waals surface area contributed by atoms with Crippen molar-refractivity contribution in [2.24, 2.45) is 0 Å². The standard InChI is InChI=1S/C26H19N3O4S/c27-15-19-9-4-5-10-20(19)16-29-25(31)23(34-26(29)32)14-18-8-6-7-13-22(18)33-17-24(30)28-21-11-2-1-3-12-21/h1-14H,16-17H2,(H,28,30)/b23-14+. The van der Waals surface area contributed by atoms with Gasteiger partial charge in [0.2, 0.25) is 0 Å². The predicted molar refractivity (Wildman–Crippen MR) is 130 cm³/mol. The van der Waals surface area contributed by atoms with Gasteiger partial charge < -0.3 is 10.1 Å². The zero-order valence-corrected chi connectivity index (χ0v) is 18.7. The molecule has 0 spiro atoms. The Kier molecular flexibility index (Phi) is 7.06. The van der Waals surface area contributed by atoms with Crippen LogP contribution >= 0.6 is 11.8 Å². The van der Waals surface area contributed by atoms with Crippen molar-refractivity contribution in [3.8, 4) is 11.8 Å². The molecule has 3 amide bonds. The van der Waals surface area contributed by atoms with E-state index in [1.54, 1.807) is 66.7 Å². The van der Waals surface area contributed by atoms with Gasteiger partial charge in [0.1, 0.15) is 5.75 Å². The molecule has 7 nitrogen and oxygen atoms in total. The van der Waals surface area contributed by atoms with Gasteiger partial charge in [-0.25, -0.2) is 0 Å². The third kappa shape index (κ3) is 5.34. The molecule has 1 saturated heterocycles. The van der Waals surface area contributed by atoms with Gasteiger partial charge in [-0.1, -0.05) is 54.6 Å². The molecule has 1 aliphatic rings. The predicted octanol–water partition coefficient (Wildman–Crippen LogP) is 4.81. The molecule has 0 unspecified atom stereocenters. The van der Waals surface area contributed by atoms with E-state index in [-0.39, 0.29) is 24.0 Å². The van der Waals surface area contributed by atoms with Crippen LogP contribution in [-0.2, 0) is 16.1 Å². The molecule has 0 aromatic heterocycles. The summed E-state index contributed by atoms with van der Waals surface area (Å²) in [4.78, 5) is 39.0. The van der Waals surface area contributed by atoms with Crippen LogP contribution < -0.4 is 10.1 Å². The number of hydrogen-bond donors (Lipinski definition) is 1. The van der Waals surface area contributed by atoms with Crippen molar-refractivity contribution >= 4 is 40.6 Å². The summed E-state index contributed by atoms with van der Waals surface area (Å²) in [6.45, 7) is -0.199. The number of imide groups is 1. The Hall–Kier alpha value is -4.35. The SMILES string of the molecule is N#Cc1ccccc1CN1C(=O)S/C(=C/c2ccccc2OCC(=O)Nc2ccccc2)C1=O. The Morgan fingerprint density at radius 2 is 1.71 bits per heavy atom. The fourth-order valence-corrected chi connectivity index (χ4v) is 4.14. The number of thioether (sulfide) groups is 1. The van der Waals surface area contributed by atoms with Gasteiger partial charge in [-0.3, -0.25) is 19.3 Å². The number of anilines is 1. The summed E-state index contributed by atoms with van der Waals surface area (Å²) >= 11 is 0.825. The second-order valence-corrected chi connectivity index (χ2v) is 8.27. The second kappa shape index (κ2) is 10.5. The van der Waals surface area contributed by atoms with Crippen molar-refractivity contribution in [3.63, 3.8) is 0 Å². The van der Waals surface area contributed by atoms with E-state index in [0.717, 1.165) is 16.7 Å². The molecule has 8 heteroatoms. The lowest BCUT2D eigenvalue weighted by Gasteiger charge is -2.13. The number of amides is 3. The molecular weight excluding hydrogens is 450 g/mol. The van der Waals surface area contributed by atoms with E-state index < -0.39 is 11.1 Å². The summed E-state index contributed by atoms with van der Waals surface area (Å²) in [5.74, 6) is -0.357. The highest BCUT2D eigenvalue weighted by Gasteiger charge is 2.35. The lowest BCUT2D eigenvalue weighted by atomic mass is 10.1. The maximum Gasteiger partial charge on any atom is 0.293 e. The number of ether oxygens (including phenoxy) is 1. The maximum atomic E-state index is 12.9. The number of carbonyl (C=O) groups excluding carboxylic acids is 3. The monoisotopic (exact) mass is 469 g/mol. The topological polar surface area (TPSA) is 99.5 Å². The van der Waals surface area contributed by atoms with E-state index in [1.165, 1.54) is 0 Å². The third-order valence-corrected chi connectivity index (χ3v) is 5.87. The molecule has 4 rings (SSSR count). The number of nitrogens with one attached hydrogen (secondary N) is 1. The van der Waals surface area contributed by atoms with Gasteiger partial charge in [-0.05, 0) is 47.7 Å². The van der Waals surface area contributed by atoms with Gasteiger partial charge in [0, 0.05) is 11.3 Å². The highest BCUT2D eigenvalue weighted by molar-refractivity contribution is 8.18. The Balaban J connectivity index is 1.47. The van der Waals surface area contributed by atoms with Crippen LogP contribution in [0, 0.1) is 11.3 Å². The summed E-state index contributed by atoms with van der Waals surface area (Å²) in [5.41, 5.74) is 2.24. The molecule has 1 N–H and O–H groups in total. The number of nitrogens with zero attached hydrogens (tertiary/aromatic N) is 2. The third-order valence-electron chi connectivity index (χ3n) is 4.96. The van der Waals surface area contributed by atoms with Crippen LogP contribution in [0.5, 0.6) is 5.75 Å². The number of carbonyl (C=O) groups is 3. The molecule has 3 aromatic carbocycles. The summed E-state index contributed by atoms with van der Waals surface area (Å²) in [7, 11) is 0. The van der Waals surface area contributed by atoms with E-state index in [9.17, 15) is 19.6 Å². The minimum absolute atomic E-state index is 0.0174. The average Bonchev–Trinajstić information content (AvgIpc) is 3.11. The van der Waals surface area contributed by atoms with E-state index in [4.69, 9.17) is 4.74 Å². The highest BCUT2D eigenvalue weighted by Crippen LogP contribution is 2.35. The molecule has 0 atom stereocenters. The van der Waals surface area contributed by atoms with E-state index in [1.807, 2.05) is 18.2 Å². The Morgan fingerprint density at radius 3 is 2.50 bits per heavy atom. The van der Waals surface area contributed by atoms with Crippen LogP contribution in [0.2, 0.25) is 0 Å². The van der Waals surface area contributed by atoms with Crippen molar-refractivity contribution in [2.75, 3.05) is 11.9 Å². The van der Waals surface area contributed by atoms with Crippen LogP contribution in [0.3, 0.4) is 0 Å². The van der Waals surface area contributed by atoms with Crippen LogP contribution in [0.1, 0.15) is 16.7 Å². The molecule has 0 bridgehead atoms. The molecule has 0 radical (unpaired) electrons. The van der Waals surface area contributed by atoms with Gasteiger partial charge in [-0.2, -0.15) is 5.26 Å². The zero-order chi connectivity index (χ0) is 23.9. The van der Waals surface area contributed by atoms with Crippen molar-refractivity contribution in [3.05, 3.63) is 100 Å². The highest BCUT2D eigenvalue weighted by atomic mass is 32.2. The Bertz CT molecular complexity index is 1310. The lowest BCUT2D eigenvalue weighted by molar-refractivity contribution is -0.123. The normalized spacial score (nSPS) is 14.2. The van der Waals surface area contributed by atoms with Gasteiger partial charge in [0.05, 0.1) is 23.1 Å². The number of nitriles is 1. The fraction of sp³-hybridized carbons (Fsp3) is 0.0769. The number of rotatable bonds is 7. The first kappa shape index (κ1) is 22.8. The quantitative estimate of drug-likeness (QED) is 0.499. The van der Waals surface area contributed by atoms with E-state index >= 15 is 0 Å². The van der Waals surface area contributed by atoms with E-state index in [0.29, 0.717) is 28.1 Å². The van der Waals surface area contributed by atoms with Gasteiger partial charge >= 0.3 is 0 Å². The number of hydrogen-bond acceptors (Lipinski definition) is 6. The molecule has 1 fully saturated rings. The van der Waals surface area contributed by atoms with Gasteiger partial charge in [0.15, 0.2) is 6.61 Å². The molecule has 0 aliphatic carbocycles. The molecule has 168 valence electrons. The summed E-state index contributed by atoms with van der Waals surface area (Å²) in [5, 5.41) is 11.6. The fourth-order valence-electron chi connectivity index (χ4n) is 3.31. The molecule has 1 aliphatic heterocycles. The van der Waals surface area contributed by atoms with Crippen LogP contribution in [-0.4, -0.2) is 28.6 Å². The number of benzene rings is 3. The molecule has 3 aromatic rings. The average molecular weight is 470 g/mol. The summed E-state index contributed by atoms with van der Waals surface area (Å²) in [6.07, 6.45) is 1.57. The van der Waals surface area contributed by atoms with Crippen LogP contribution in [0.25, 0.3) is 6.08 Å². The largest absolute Gasteiger partial charge is 0.483 e. The Labute approximate surface area is 200 Å². The minimum Gasteiger partial charge on any atom is -0.483 e.